The summed E-state index contributed by atoms with van der Waals surface area (Å²) in [5.74, 6) is 0. The van der Waals surface area contributed by atoms with Crippen LogP contribution in [-0.4, -0.2) is 36.8 Å². The molecule has 0 aliphatic carbocycles. The van der Waals surface area contributed by atoms with Gasteiger partial charge in [0.1, 0.15) is 6.61 Å². The Bertz CT molecular complexity index is 147. The molecule has 0 radical (unpaired) electrons. The van der Waals surface area contributed by atoms with E-state index in [4.69, 9.17) is 19.3 Å². The van der Waals surface area contributed by atoms with Gasteiger partial charge in [0.25, 0.3) is 0 Å². The molecular formula is C10H20O4. The maximum absolute atomic E-state index is 8.73. The van der Waals surface area contributed by atoms with Gasteiger partial charge in [0.2, 0.25) is 6.29 Å². The smallest absolute Gasteiger partial charge is 0.222 e. The van der Waals surface area contributed by atoms with E-state index in [1.807, 2.05) is 13.8 Å². The second-order valence-corrected chi connectivity index (χ2v) is 3.24. The maximum Gasteiger partial charge on any atom is 0.222 e. The highest BCUT2D eigenvalue weighted by Crippen LogP contribution is 2.03. The van der Waals surface area contributed by atoms with E-state index in [9.17, 15) is 0 Å². The van der Waals surface area contributed by atoms with E-state index in [1.54, 1.807) is 6.92 Å². The number of rotatable bonds is 8. The van der Waals surface area contributed by atoms with Crippen LogP contribution in [0, 0.1) is 0 Å². The number of hydrogen-bond acceptors (Lipinski definition) is 4. The van der Waals surface area contributed by atoms with Crippen LogP contribution in [0.3, 0.4) is 0 Å². The molecule has 0 amide bonds. The first-order valence-electron chi connectivity index (χ1n) is 4.74. The summed E-state index contributed by atoms with van der Waals surface area (Å²) in [6, 6.07) is 0. The van der Waals surface area contributed by atoms with Gasteiger partial charge in [-0.3, -0.25) is 0 Å². The number of aliphatic hydroxyl groups excluding tert-OH is 1. The molecule has 4 nitrogen and oxygen atoms in total. The molecular weight excluding hydrogens is 184 g/mol. The Morgan fingerprint density at radius 3 is 2.43 bits per heavy atom. The number of aliphatic hydroxyl groups is 1. The van der Waals surface area contributed by atoms with Crippen molar-refractivity contribution in [1.82, 2.24) is 0 Å². The van der Waals surface area contributed by atoms with Crippen LogP contribution in [0.4, 0.5) is 0 Å². The van der Waals surface area contributed by atoms with Gasteiger partial charge in [-0.15, -0.1) is 0 Å². The second kappa shape index (κ2) is 7.79. The normalized spacial score (nSPS) is 15.2. The van der Waals surface area contributed by atoms with Crippen LogP contribution in [0.15, 0.2) is 12.8 Å². The minimum absolute atomic E-state index is 0.0114. The van der Waals surface area contributed by atoms with Crippen LogP contribution in [0.5, 0.6) is 0 Å². The summed E-state index contributed by atoms with van der Waals surface area (Å²) < 4.78 is 15.7. The van der Waals surface area contributed by atoms with Gasteiger partial charge in [-0.05, 0) is 20.8 Å². The standard InChI is InChI=1S/C10H20O4/c1-5-12-10(14-8(2)3)7-13-9(4)6-11/h5,8-11H,1,6-7H2,2-4H3. The van der Waals surface area contributed by atoms with Crippen LogP contribution < -0.4 is 0 Å². The van der Waals surface area contributed by atoms with E-state index in [0.717, 1.165) is 0 Å². The van der Waals surface area contributed by atoms with Gasteiger partial charge in [-0.2, -0.15) is 0 Å². The van der Waals surface area contributed by atoms with E-state index in [1.165, 1.54) is 6.26 Å². The first kappa shape index (κ1) is 13.4. The average molecular weight is 204 g/mol. The number of ether oxygens (including phenoxy) is 3. The van der Waals surface area contributed by atoms with Crippen molar-refractivity contribution in [1.29, 1.82) is 0 Å². The van der Waals surface area contributed by atoms with Gasteiger partial charge < -0.3 is 19.3 Å². The Morgan fingerprint density at radius 1 is 1.36 bits per heavy atom. The van der Waals surface area contributed by atoms with E-state index < -0.39 is 6.29 Å². The van der Waals surface area contributed by atoms with Crippen molar-refractivity contribution in [2.45, 2.75) is 39.3 Å². The van der Waals surface area contributed by atoms with Crippen molar-refractivity contribution >= 4 is 0 Å². The Balaban J connectivity index is 3.77. The molecule has 2 unspecified atom stereocenters. The largest absolute Gasteiger partial charge is 0.471 e. The van der Waals surface area contributed by atoms with Gasteiger partial charge in [-0.25, -0.2) is 0 Å². The lowest BCUT2D eigenvalue weighted by Crippen LogP contribution is -2.28. The highest BCUT2D eigenvalue weighted by molar-refractivity contribution is 4.56. The molecule has 4 heteroatoms. The Morgan fingerprint density at radius 2 is 2.00 bits per heavy atom. The minimum Gasteiger partial charge on any atom is -0.471 e. The maximum atomic E-state index is 8.73. The molecule has 1 N–H and O–H groups in total. The molecule has 0 aromatic carbocycles. The first-order valence-corrected chi connectivity index (χ1v) is 4.74. The van der Waals surface area contributed by atoms with Gasteiger partial charge in [0, 0.05) is 0 Å². The fraction of sp³-hybridized carbons (Fsp3) is 0.800. The van der Waals surface area contributed by atoms with Gasteiger partial charge in [-0.1, -0.05) is 6.58 Å². The van der Waals surface area contributed by atoms with Gasteiger partial charge in [0.15, 0.2) is 0 Å². The fourth-order valence-electron chi connectivity index (χ4n) is 0.817. The summed E-state index contributed by atoms with van der Waals surface area (Å²) in [5.41, 5.74) is 0. The van der Waals surface area contributed by atoms with Crippen molar-refractivity contribution in [2.75, 3.05) is 13.2 Å². The molecule has 0 aromatic rings. The van der Waals surface area contributed by atoms with Crippen LogP contribution in [0.2, 0.25) is 0 Å². The summed E-state index contributed by atoms with van der Waals surface area (Å²) in [6.45, 7) is 9.32. The zero-order chi connectivity index (χ0) is 11.0. The minimum atomic E-state index is -0.457. The number of hydrogen-bond donors (Lipinski definition) is 1. The predicted molar refractivity (Wildman–Crippen MR) is 53.8 cm³/mol. The monoisotopic (exact) mass is 204 g/mol. The van der Waals surface area contributed by atoms with Gasteiger partial charge in [0.05, 0.1) is 25.1 Å². The summed E-state index contributed by atoms with van der Waals surface area (Å²) in [6.07, 6.45) is 0.719. The molecule has 0 bridgehead atoms. The molecule has 0 saturated heterocycles. The van der Waals surface area contributed by atoms with E-state index in [2.05, 4.69) is 6.58 Å². The zero-order valence-electron chi connectivity index (χ0n) is 9.10. The molecule has 0 rings (SSSR count). The second-order valence-electron chi connectivity index (χ2n) is 3.24. The molecule has 0 heterocycles. The lowest BCUT2D eigenvalue weighted by Gasteiger charge is -2.21. The lowest BCUT2D eigenvalue weighted by atomic mass is 10.4. The van der Waals surface area contributed by atoms with Crippen LogP contribution >= 0.6 is 0 Å². The molecule has 0 aliphatic rings. The predicted octanol–water partition coefficient (Wildman–Crippen LogP) is 1.29. The SMILES string of the molecule is C=COC(COC(C)CO)OC(C)C. The van der Waals surface area contributed by atoms with Crippen molar-refractivity contribution in [3.63, 3.8) is 0 Å². The molecule has 84 valence electrons. The molecule has 0 aliphatic heterocycles. The lowest BCUT2D eigenvalue weighted by molar-refractivity contribution is -0.172. The Hall–Kier alpha value is -0.580. The van der Waals surface area contributed by atoms with Crippen molar-refractivity contribution in [2.24, 2.45) is 0 Å². The van der Waals surface area contributed by atoms with Gasteiger partial charge >= 0.3 is 0 Å². The highest BCUT2D eigenvalue weighted by atomic mass is 16.7. The van der Waals surface area contributed by atoms with Crippen molar-refractivity contribution < 1.29 is 19.3 Å². The summed E-state index contributed by atoms with van der Waals surface area (Å²) in [7, 11) is 0. The molecule has 0 fully saturated rings. The Labute approximate surface area is 85.5 Å². The summed E-state index contributed by atoms with van der Waals surface area (Å²) >= 11 is 0. The highest BCUT2D eigenvalue weighted by Gasteiger charge is 2.12. The molecule has 2 atom stereocenters. The fourth-order valence-corrected chi connectivity index (χ4v) is 0.817. The van der Waals surface area contributed by atoms with Crippen LogP contribution in [0.1, 0.15) is 20.8 Å². The third-order valence-electron chi connectivity index (χ3n) is 1.45. The summed E-state index contributed by atoms with van der Waals surface area (Å²) in [4.78, 5) is 0. The van der Waals surface area contributed by atoms with Crippen molar-refractivity contribution in [3.05, 3.63) is 12.8 Å². The molecule has 0 aromatic heterocycles. The third kappa shape index (κ3) is 6.88. The zero-order valence-corrected chi connectivity index (χ0v) is 9.10. The molecule has 14 heavy (non-hydrogen) atoms. The quantitative estimate of drug-likeness (QED) is 0.478. The van der Waals surface area contributed by atoms with Crippen LogP contribution in [-0.2, 0) is 14.2 Å². The van der Waals surface area contributed by atoms with E-state index >= 15 is 0 Å². The topological polar surface area (TPSA) is 47.9 Å². The molecule has 0 saturated carbocycles. The van der Waals surface area contributed by atoms with E-state index in [0.29, 0.717) is 0 Å². The molecule has 0 spiro atoms. The average Bonchev–Trinajstić information content (AvgIpc) is 2.13. The Kier molecular flexibility index (Phi) is 7.47. The van der Waals surface area contributed by atoms with E-state index in [-0.39, 0.29) is 25.4 Å². The third-order valence-corrected chi connectivity index (χ3v) is 1.45. The first-order chi connectivity index (χ1) is 6.60. The van der Waals surface area contributed by atoms with Crippen LogP contribution in [0.25, 0.3) is 0 Å². The van der Waals surface area contributed by atoms with Crippen molar-refractivity contribution in [3.8, 4) is 0 Å². The summed E-state index contributed by atoms with van der Waals surface area (Å²) in [5, 5.41) is 8.73.